The standard InChI is InChI=1S/C16H25NO2/c1-13-6-4-7-14(12-13)18-10-5-11-19-16-9-3-2-8-15(16)17/h2-3,8-9,13-14H,4-7,10-12,17H2,1H3. The van der Waals surface area contributed by atoms with Gasteiger partial charge in [-0.25, -0.2) is 0 Å². The van der Waals surface area contributed by atoms with E-state index in [4.69, 9.17) is 15.2 Å². The fourth-order valence-corrected chi connectivity index (χ4v) is 2.63. The fraction of sp³-hybridized carbons (Fsp3) is 0.625. The van der Waals surface area contributed by atoms with Crippen molar-refractivity contribution in [3.05, 3.63) is 24.3 Å². The molecule has 2 atom stereocenters. The summed E-state index contributed by atoms with van der Waals surface area (Å²) in [6.45, 7) is 3.76. The third-order valence-corrected chi connectivity index (χ3v) is 3.71. The van der Waals surface area contributed by atoms with Crippen molar-refractivity contribution in [3.63, 3.8) is 0 Å². The van der Waals surface area contributed by atoms with Gasteiger partial charge in [0.25, 0.3) is 0 Å². The van der Waals surface area contributed by atoms with Crippen molar-refractivity contribution in [2.75, 3.05) is 18.9 Å². The molecule has 1 aliphatic rings. The van der Waals surface area contributed by atoms with E-state index in [0.29, 0.717) is 18.4 Å². The van der Waals surface area contributed by atoms with Crippen LogP contribution in [0.4, 0.5) is 5.69 Å². The van der Waals surface area contributed by atoms with Crippen LogP contribution in [0.3, 0.4) is 0 Å². The minimum atomic E-state index is 0.463. The molecule has 1 saturated carbocycles. The summed E-state index contributed by atoms with van der Waals surface area (Å²) in [5, 5.41) is 0. The highest BCUT2D eigenvalue weighted by atomic mass is 16.5. The lowest BCUT2D eigenvalue weighted by Crippen LogP contribution is -2.22. The van der Waals surface area contributed by atoms with Gasteiger partial charge < -0.3 is 15.2 Å². The average Bonchev–Trinajstić information content (AvgIpc) is 2.40. The van der Waals surface area contributed by atoms with Crippen LogP contribution in [0.1, 0.15) is 39.0 Å². The molecule has 1 fully saturated rings. The summed E-state index contributed by atoms with van der Waals surface area (Å²) in [6.07, 6.45) is 6.48. The molecule has 2 N–H and O–H groups in total. The van der Waals surface area contributed by atoms with Crippen LogP contribution < -0.4 is 10.5 Å². The lowest BCUT2D eigenvalue weighted by Gasteiger charge is -2.26. The third kappa shape index (κ3) is 4.75. The summed E-state index contributed by atoms with van der Waals surface area (Å²) in [5.74, 6) is 1.59. The number of hydrogen-bond donors (Lipinski definition) is 1. The van der Waals surface area contributed by atoms with Crippen molar-refractivity contribution in [1.82, 2.24) is 0 Å². The molecule has 0 bridgehead atoms. The number of nitrogens with two attached hydrogens (primary N) is 1. The summed E-state index contributed by atoms with van der Waals surface area (Å²) < 4.78 is 11.6. The van der Waals surface area contributed by atoms with Gasteiger partial charge in [0.05, 0.1) is 25.0 Å². The van der Waals surface area contributed by atoms with Crippen molar-refractivity contribution in [3.8, 4) is 5.75 Å². The second-order valence-corrected chi connectivity index (χ2v) is 5.50. The van der Waals surface area contributed by atoms with Gasteiger partial charge in [-0.3, -0.25) is 0 Å². The second-order valence-electron chi connectivity index (χ2n) is 5.50. The van der Waals surface area contributed by atoms with Crippen LogP contribution in [0.2, 0.25) is 0 Å². The Morgan fingerprint density at radius 1 is 1.21 bits per heavy atom. The molecule has 0 spiro atoms. The van der Waals surface area contributed by atoms with E-state index in [1.165, 1.54) is 25.7 Å². The van der Waals surface area contributed by atoms with Crippen LogP contribution in [-0.4, -0.2) is 19.3 Å². The number of para-hydroxylation sites is 2. The number of hydrogen-bond acceptors (Lipinski definition) is 3. The zero-order valence-electron chi connectivity index (χ0n) is 11.8. The molecule has 0 radical (unpaired) electrons. The molecular weight excluding hydrogens is 238 g/mol. The summed E-state index contributed by atoms with van der Waals surface area (Å²) in [7, 11) is 0. The monoisotopic (exact) mass is 263 g/mol. The molecule has 0 saturated heterocycles. The molecule has 3 nitrogen and oxygen atoms in total. The highest BCUT2D eigenvalue weighted by molar-refractivity contribution is 5.51. The van der Waals surface area contributed by atoms with Gasteiger partial charge in [0, 0.05) is 6.42 Å². The molecule has 1 aromatic carbocycles. The minimum absolute atomic E-state index is 0.463. The Balaban J connectivity index is 1.58. The Labute approximate surface area is 116 Å². The van der Waals surface area contributed by atoms with Gasteiger partial charge in [-0.05, 0) is 30.9 Å². The Morgan fingerprint density at radius 2 is 2.05 bits per heavy atom. The predicted octanol–water partition coefficient (Wildman–Crippen LogP) is 3.63. The van der Waals surface area contributed by atoms with E-state index in [9.17, 15) is 0 Å². The molecule has 1 aliphatic carbocycles. The van der Waals surface area contributed by atoms with E-state index in [0.717, 1.165) is 24.7 Å². The van der Waals surface area contributed by atoms with Gasteiger partial charge in [-0.2, -0.15) is 0 Å². The number of rotatable bonds is 6. The van der Waals surface area contributed by atoms with Crippen LogP contribution in [-0.2, 0) is 4.74 Å². The van der Waals surface area contributed by atoms with Crippen LogP contribution in [0, 0.1) is 5.92 Å². The first-order valence-electron chi connectivity index (χ1n) is 7.34. The quantitative estimate of drug-likeness (QED) is 0.629. The Bertz CT molecular complexity index is 381. The van der Waals surface area contributed by atoms with Gasteiger partial charge in [0.2, 0.25) is 0 Å². The first-order chi connectivity index (χ1) is 9.25. The van der Waals surface area contributed by atoms with Crippen molar-refractivity contribution >= 4 is 5.69 Å². The maximum Gasteiger partial charge on any atom is 0.142 e. The van der Waals surface area contributed by atoms with E-state index in [-0.39, 0.29) is 0 Å². The first-order valence-corrected chi connectivity index (χ1v) is 7.34. The van der Waals surface area contributed by atoms with E-state index >= 15 is 0 Å². The minimum Gasteiger partial charge on any atom is -0.491 e. The molecule has 19 heavy (non-hydrogen) atoms. The summed E-state index contributed by atoms with van der Waals surface area (Å²) in [6, 6.07) is 7.61. The summed E-state index contributed by atoms with van der Waals surface area (Å²) in [4.78, 5) is 0. The van der Waals surface area contributed by atoms with Crippen LogP contribution in [0.5, 0.6) is 5.75 Å². The van der Waals surface area contributed by atoms with E-state index in [2.05, 4.69) is 6.92 Å². The van der Waals surface area contributed by atoms with Crippen molar-refractivity contribution < 1.29 is 9.47 Å². The number of nitrogen functional groups attached to an aromatic ring is 1. The number of anilines is 1. The van der Waals surface area contributed by atoms with E-state index in [1.54, 1.807) is 0 Å². The largest absolute Gasteiger partial charge is 0.491 e. The molecule has 2 rings (SSSR count). The summed E-state index contributed by atoms with van der Waals surface area (Å²) >= 11 is 0. The normalized spacial score (nSPS) is 23.2. The molecule has 106 valence electrons. The topological polar surface area (TPSA) is 44.5 Å². The van der Waals surface area contributed by atoms with Crippen molar-refractivity contribution in [2.45, 2.75) is 45.1 Å². The maximum atomic E-state index is 5.91. The smallest absolute Gasteiger partial charge is 0.142 e. The molecule has 1 aromatic rings. The maximum absolute atomic E-state index is 5.91. The van der Waals surface area contributed by atoms with E-state index in [1.807, 2.05) is 24.3 Å². The zero-order valence-corrected chi connectivity index (χ0v) is 11.8. The fourth-order valence-electron chi connectivity index (χ4n) is 2.63. The number of ether oxygens (including phenoxy) is 2. The Hall–Kier alpha value is -1.22. The predicted molar refractivity (Wildman–Crippen MR) is 78.3 cm³/mol. The highest BCUT2D eigenvalue weighted by Gasteiger charge is 2.18. The first kappa shape index (κ1) is 14.2. The molecule has 3 heteroatoms. The van der Waals surface area contributed by atoms with Crippen LogP contribution in [0.15, 0.2) is 24.3 Å². The van der Waals surface area contributed by atoms with Gasteiger partial charge in [-0.1, -0.05) is 31.9 Å². The molecule has 2 unspecified atom stereocenters. The van der Waals surface area contributed by atoms with Gasteiger partial charge in [0.15, 0.2) is 0 Å². The van der Waals surface area contributed by atoms with Crippen LogP contribution in [0.25, 0.3) is 0 Å². The zero-order chi connectivity index (χ0) is 13.5. The van der Waals surface area contributed by atoms with Crippen molar-refractivity contribution in [1.29, 1.82) is 0 Å². The molecule has 0 amide bonds. The van der Waals surface area contributed by atoms with Crippen molar-refractivity contribution in [2.24, 2.45) is 5.92 Å². The molecular formula is C16H25NO2. The lowest BCUT2D eigenvalue weighted by molar-refractivity contribution is 0.0106. The second kappa shape index (κ2) is 7.39. The Morgan fingerprint density at radius 3 is 2.84 bits per heavy atom. The number of benzene rings is 1. The van der Waals surface area contributed by atoms with Gasteiger partial charge >= 0.3 is 0 Å². The highest BCUT2D eigenvalue weighted by Crippen LogP contribution is 2.25. The molecule has 0 aliphatic heterocycles. The Kier molecular flexibility index (Phi) is 5.52. The van der Waals surface area contributed by atoms with Crippen LogP contribution >= 0.6 is 0 Å². The molecule has 0 aromatic heterocycles. The average molecular weight is 263 g/mol. The third-order valence-electron chi connectivity index (χ3n) is 3.71. The SMILES string of the molecule is CC1CCCC(OCCCOc2ccccc2N)C1. The molecule has 0 heterocycles. The lowest BCUT2D eigenvalue weighted by atomic mass is 9.89. The van der Waals surface area contributed by atoms with Gasteiger partial charge in [-0.15, -0.1) is 0 Å². The van der Waals surface area contributed by atoms with Gasteiger partial charge in [0.1, 0.15) is 5.75 Å². The van der Waals surface area contributed by atoms with E-state index < -0.39 is 0 Å². The summed E-state index contributed by atoms with van der Waals surface area (Å²) in [5.41, 5.74) is 6.51.